The zero-order valence-electron chi connectivity index (χ0n) is 9.76. The van der Waals surface area contributed by atoms with Crippen LogP contribution in [0.15, 0.2) is 20.4 Å². The average molecular weight is 429 g/mol. The largest absolute Gasteiger partial charge is 0.341 e. The average Bonchev–Trinajstić information content (AvgIpc) is 2.97. The number of aromatic amines is 1. The third kappa shape index (κ3) is 2.86. The van der Waals surface area contributed by atoms with Crippen LogP contribution in [0.4, 0.5) is 5.95 Å². The van der Waals surface area contributed by atoms with Gasteiger partial charge in [-0.05, 0) is 22.0 Å². The standard InChI is InChI=1S/C9H4BrCl2N5O2S2/c10-6-3(11)1-4(20-6)21(18,19)17-9-15-7(12)5-8(16-9)14-2-13-5/h1-2H,(H2,13,14,15,16,17). The Morgan fingerprint density at radius 3 is 2.76 bits per heavy atom. The van der Waals surface area contributed by atoms with Crippen molar-refractivity contribution in [3.63, 3.8) is 0 Å². The maximum absolute atomic E-state index is 12.2. The monoisotopic (exact) mass is 427 g/mol. The first-order chi connectivity index (χ1) is 9.87. The van der Waals surface area contributed by atoms with Crippen LogP contribution in [0.25, 0.3) is 11.2 Å². The van der Waals surface area contributed by atoms with Crippen LogP contribution >= 0.6 is 50.5 Å². The van der Waals surface area contributed by atoms with Crippen LogP contribution in [-0.4, -0.2) is 28.4 Å². The van der Waals surface area contributed by atoms with Gasteiger partial charge in [-0.2, -0.15) is 9.97 Å². The molecule has 0 fully saturated rings. The van der Waals surface area contributed by atoms with Crippen LogP contribution in [0, 0.1) is 0 Å². The van der Waals surface area contributed by atoms with Crippen molar-refractivity contribution in [2.24, 2.45) is 0 Å². The molecule has 21 heavy (non-hydrogen) atoms. The topological polar surface area (TPSA) is 101 Å². The lowest BCUT2D eigenvalue weighted by Crippen LogP contribution is -2.14. The number of fused-ring (bicyclic) bond motifs is 1. The van der Waals surface area contributed by atoms with Gasteiger partial charge in [-0.25, -0.2) is 18.1 Å². The summed E-state index contributed by atoms with van der Waals surface area (Å²) in [6.07, 6.45) is 1.39. The first-order valence-corrected chi connectivity index (χ1v) is 9.06. The van der Waals surface area contributed by atoms with Crippen LogP contribution in [0.3, 0.4) is 0 Å². The van der Waals surface area contributed by atoms with Crippen LogP contribution in [-0.2, 0) is 10.0 Å². The summed E-state index contributed by atoms with van der Waals surface area (Å²) in [6.45, 7) is 0. The highest BCUT2D eigenvalue weighted by molar-refractivity contribution is 9.11. The fourth-order valence-electron chi connectivity index (χ4n) is 1.47. The minimum Gasteiger partial charge on any atom is -0.341 e. The number of hydrogen-bond donors (Lipinski definition) is 2. The zero-order chi connectivity index (χ0) is 15.2. The number of sulfonamides is 1. The van der Waals surface area contributed by atoms with E-state index >= 15 is 0 Å². The normalized spacial score (nSPS) is 12.0. The van der Waals surface area contributed by atoms with E-state index in [2.05, 4.69) is 40.6 Å². The highest BCUT2D eigenvalue weighted by Gasteiger charge is 2.21. The van der Waals surface area contributed by atoms with Gasteiger partial charge in [0.15, 0.2) is 10.8 Å². The Bertz CT molecular complexity index is 919. The third-order valence-corrected chi connectivity index (χ3v) is 6.90. The molecule has 3 aromatic rings. The summed E-state index contributed by atoms with van der Waals surface area (Å²) in [5.41, 5.74) is 0.694. The fourth-order valence-corrected chi connectivity index (χ4v) is 5.03. The smallest absolute Gasteiger partial charge is 0.273 e. The molecule has 3 heterocycles. The second kappa shape index (κ2) is 5.36. The molecule has 110 valence electrons. The molecule has 0 aromatic carbocycles. The lowest BCUT2D eigenvalue weighted by atomic mass is 10.6. The number of aromatic nitrogens is 4. The van der Waals surface area contributed by atoms with E-state index in [1.807, 2.05) is 0 Å². The molecular formula is C9H4BrCl2N5O2S2. The molecule has 0 aliphatic carbocycles. The summed E-state index contributed by atoms with van der Waals surface area (Å²) in [4.78, 5) is 14.5. The highest BCUT2D eigenvalue weighted by Crippen LogP contribution is 2.35. The maximum Gasteiger partial charge on any atom is 0.273 e. The molecule has 0 bridgehead atoms. The predicted octanol–water partition coefficient (Wildman–Crippen LogP) is 3.28. The van der Waals surface area contributed by atoms with Crippen LogP contribution < -0.4 is 4.72 Å². The number of nitrogens with one attached hydrogen (secondary N) is 2. The minimum absolute atomic E-state index is 0.0289. The van der Waals surface area contributed by atoms with Crippen molar-refractivity contribution in [1.82, 2.24) is 19.9 Å². The minimum atomic E-state index is -3.85. The van der Waals surface area contributed by atoms with Crippen LogP contribution in [0.1, 0.15) is 0 Å². The molecule has 0 aliphatic rings. The summed E-state index contributed by atoms with van der Waals surface area (Å²) in [5, 5.41) is 0.377. The van der Waals surface area contributed by atoms with Crippen LogP contribution in [0.2, 0.25) is 10.2 Å². The molecule has 12 heteroatoms. The molecule has 0 unspecified atom stereocenters. The first-order valence-electron chi connectivity index (χ1n) is 5.21. The van der Waals surface area contributed by atoms with Crippen molar-refractivity contribution >= 4 is 77.6 Å². The zero-order valence-corrected chi connectivity index (χ0v) is 14.5. The number of anilines is 1. The Labute approximate surface area is 140 Å². The van der Waals surface area contributed by atoms with Gasteiger partial charge in [0.25, 0.3) is 10.0 Å². The second-order valence-electron chi connectivity index (χ2n) is 3.73. The molecule has 0 radical (unpaired) electrons. The fraction of sp³-hybridized carbons (Fsp3) is 0. The van der Waals surface area contributed by atoms with Gasteiger partial charge in [-0.3, -0.25) is 0 Å². The van der Waals surface area contributed by atoms with E-state index in [1.54, 1.807) is 0 Å². The Morgan fingerprint density at radius 1 is 1.33 bits per heavy atom. The Balaban J connectivity index is 2.00. The van der Waals surface area contributed by atoms with Crippen molar-refractivity contribution < 1.29 is 8.42 Å². The van der Waals surface area contributed by atoms with Crippen molar-refractivity contribution in [3.05, 3.63) is 26.4 Å². The van der Waals surface area contributed by atoms with Gasteiger partial charge in [0.2, 0.25) is 5.95 Å². The maximum atomic E-state index is 12.2. The Morgan fingerprint density at radius 2 is 2.10 bits per heavy atom. The summed E-state index contributed by atoms with van der Waals surface area (Å²) in [7, 11) is -3.85. The number of hydrogen-bond acceptors (Lipinski definition) is 6. The van der Waals surface area contributed by atoms with Crippen molar-refractivity contribution in [2.75, 3.05) is 4.72 Å². The summed E-state index contributed by atoms with van der Waals surface area (Å²) < 4.78 is 27.2. The van der Waals surface area contributed by atoms with E-state index in [-0.39, 0.29) is 21.0 Å². The van der Waals surface area contributed by atoms with Crippen molar-refractivity contribution in [3.8, 4) is 0 Å². The van der Waals surface area contributed by atoms with Gasteiger partial charge < -0.3 is 4.98 Å². The third-order valence-electron chi connectivity index (χ3n) is 2.35. The number of rotatable bonds is 3. The van der Waals surface area contributed by atoms with Gasteiger partial charge in [-0.1, -0.05) is 23.2 Å². The molecule has 3 aromatic heterocycles. The summed E-state index contributed by atoms with van der Waals surface area (Å²) >= 11 is 15.9. The number of halogens is 3. The number of H-pyrrole nitrogens is 1. The van der Waals surface area contributed by atoms with Gasteiger partial charge in [0, 0.05) is 0 Å². The number of thiophene rings is 1. The Kier molecular flexibility index (Phi) is 3.82. The SMILES string of the molecule is O=S(=O)(Nc1nc(Cl)c2[nH]cnc2n1)c1cc(Cl)c(Br)s1. The quantitative estimate of drug-likeness (QED) is 0.623. The molecule has 3 rings (SSSR count). The van der Waals surface area contributed by atoms with Gasteiger partial charge in [0.05, 0.1) is 15.1 Å². The molecule has 0 aliphatic heterocycles. The summed E-state index contributed by atoms with van der Waals surface area (Å²) in [6, 6.07) is 1.33. The summed E-state index contributed by atoms with van der Waals surface area (Å²) in [5.74, 6) is -0.166. The molecule has 7 nitrogen and oxygen atoms in total. The van der Waals surface area contributed by atoms with E-state index in [9.17, 15) is 8.42 Å². The molecule has 0 spiro atoms. The molecule has 0 saturated heterocycles. The second-order valence-corrected chi connectivity index (χ2v) is 8.78. The first kappa shape index (κ1) is 15.0. The van der Waals surface area contributed by atoms with Gasteiger partial charge in [-0.15, -0.1) is 11.3 Å². The van der Waals surface area contributed by atoms with E-state index in [1.165, 1.54) is 12.4 Å². The Hall–Kier alpha value is -0.940. The molecule has 0 atom stereocenters. The van der Waals surface area contributed by atoms with Gasteiger partial charge in [0.1, 0.15) is 9.73 Å². The lowest BCUT2D eigenvalue weighted by molar-refractivity contribution is 0.603. The van der Waals surface area contributed by atoms with E-state index in [0.29, 0.717) is 14.3 Å². The molecule has 2 N–H and O–H groups in total. The van der Waals surface area contributed by atoms with Crippen LogP contribution in [0.5, 0.6) is 0 Å². The highest BCUT2D eigenvalue weighted by atomic mass is 79.9. The number of imidazole rings is 1. The lowest BCUT2D eigenvalue weighted by Gasteiger charge is -2.04. The molecule has 0 saturated carbocycles. The van der Waals surface area contributed by atoms with E-state index < -0.39 is 10.0 Å². The van der Waals surface area contributed by atoms with Gasteiger partial charge >= 0.3 is 0 Å². The van der Waals surface area contributed by atoms with E-state index in [0.717, 1.165) is 11.3 Å². The van der Waals surface area contributed by atoms with E-state index in [4.69, 9.17) is 23.2 Å². The van der Waals surface area contributed by atoms with Crippen molar-refractivity contribution in [1.29, 1.82) is 0 Å². The predicted molar refractivity (Wildman–Crippen MR) is 84.5 cm³/mol. The number of nitrogens with zero attached hydrogens (tertiary/aromatic N) is 3. The molecular weight excluding hydrogens is 425 g/mol. The molecule has 0 amide bonds. The van der Waals surface area contributed by atoms with Crippen molar-refractivity contribution in [2.45, 2.75) is 4.21 Å².